The molecule has 2 amide bonds. The topological polar surface area (TPSA) is 113 Å². The predicted molar refractivity (Wildman–Crippen MR) is 204 cm³/mol. The maximum atomic E-state index is 15.0. The van der Waals surface area contributed by atoms with Gasteiger partial charge < -0.3 is 14.5 Å². The van der Waals surface area contributed by atoms with Crippen molar-refractivity contribution in [2.45, 2.75) is 103 Å². The number of nitrogens with one attached hydrogen (secondary N) is 1. The van der Waals surface area contributed by atoms with Gasteiger partial charge in [-0.1, -0.05) is 38.1 Å². The zero-order valence-corrected chi connectivity index (χ0v) is 31.9. The van der Waals surface area contributed by atoms with Gasteiger partial charge in [-0.2, -0.15) is 5.10 Å². The summed E-state index contributed by atoms with van der Waals surface area (Å²) in [6.07, 6.45) is 12.7. The number of nitrogens with zero attached hydrogens (tertiary/aromatic N) is 3. The molecule has 1 N–H and O–H groups in total. The van der Waals surface area contributed by atoms with Gasteiger partial charge in [0.1, 0.15) is 11.6 Å². The monoisotopic (exact) mass is 738 g/mol. The van der Waals surface area contributed by atoms with Crippen LogP contribution in [0.25, 0.3) is 10.8 Å². The second kappa shape index (κ2) is 15.0. The lowest BCUT2D eigenvalue weighted by atomic mass is 9.45. The van der Waals surface area contributed by atoms with Crippen LogP contribution in [-0.2, 0) is 20.7 Å². The molecule has 8 rings (SSSR count). The molecule has 4 aliphatic carbocycles. The molecule has 1 unspecified atom stereocenters. The largest absolute Gasteiger partial charge is 0.378 e. The number of carbonyl (C=O) groups excluding carboxylic acids is 3. The average molecular weight is 739 g/mol. The molecule has 54 heavy (non-hydrogen) atoms. The summed E-state index contributed by atoms with van der Waals surface area (Å²) in [6.45, 7) is 7.23. The summed E-state index contributed by atoms with van der Waals surface area (Å²) < 4.78 is 21.6. The number of halogens is 1. The number of unbranched alkanes of at least 4 members (excludes halogenated alkanes) is 1. The fraction of sp³-hybridized carbons (Fsp3) is 0.614. The fourth-order valence-corrected chi connectivity index (χ4v) is 11.7. The molecule has 1 saturated heterocycles. The number of Topliss-reactive ketones (excluding diaryl/α,β-unsaturated/α-hetero) is 1. The van der Waals surface area contributed by atoms with Crippen molar-refractivity contribution in [3.63, 3.8) is 0 Å². The van der Waals surface area contributed by atoms with Gasteiger partial charge in [0, 0.05) is 63.9 Å². The number of H-pyrrole nitrogens is 1. The first kappa shape index (κ1) is 37.0. The second-order valence-electron chi connectivity index (χ2n) is 17.5. The van der Waals surface area contributed by atoms with Gasteiger partial charge in [-0.3, -0.25) is 19.2 Å². The van der Waals surface area contributed by atoms with Crippen molar-refractivity contribution < 1.29 is 23.5 Å². The van der Waals surface area contributed by atoms with Crippen LogP contribution in [0.4, 0.5) is 4.39 Å². The number of aromatic amines is 1. The van der Waals surface area contributed by atoms with Crippen LogP contribution in [0.15, 0.2) is 47.3 Å². The lowest BCUT2D eigenvalue weighted by Crippen LogP contribution is -2.54. The molecule has 2 aromatic carbocycles. The molecule has 10 heteroatoms. The van der Waals surface area contributed by atoms with Crippen molar-refractivity contribution >= 4 is 28.4 Å². The maximum absolute atomic E-state index is 15.0. The first-order chi connectivity index (χ1) is 26.0. The van der Waals surface area contributed by atoms with Gasteiger partial charge in [0.15, 0.2) is 0 Å². The number of hydrogen-bond donors (Lipinski definition) is 1. The number of rotatable bonds is 9. The Kier molecular flexibility index (Phi) is 10.3. The Morgan fingerprint density at radius 1 is 0.889 bits per heavy atom. The SMILES string of the molecule is C[C@]12CCC(=O)C[C@@H]1CC[C@@H]1[C@@H]2CC[C@]2(C)C(OCCCCC(=O)N3CCN(C(=O)c4cc(Cc5n[nH]c(=O)c6ccccc56)ccc4F)CC3)CC[C@@H]12. The van der Waals surface area contributed by atoms with Crippen LogP contribution in [0.2, 0.25) is 0 Å². The highest BCUT2D eigenvalue weighted by molar-refractivity contribution is 5.95. The van der Waals surface area contributed by atoms with Gasteiger partial charge in [-0.25, -0.2) is 9.49 Å². The Bertz CT molecular complexity index is 1970. The summed E-state index contributed by atoms with van der Waals surface area (Å²) in [5.74, 6) is 2.41. The summed E-state index contributed by atoms with van der Waals surface area (Å²) in [5.41, 5.74) is 1.64. The minimum Gasteiger partial charge on any atom is -0.378 e. The molecule has 0 spiro atoms. The van der Waals surface area contributed by atoms with Gasteiger partial charge in [0.2, 0.25) is 5.91 Å². The zero-order chi connectivity index (χ0) is 37.6. The van der Waals surface area contributed by atoms with Crippen molar-refractivity contribution in [1.82, 2.24) is 20.0 Å². The molecular weight excluding hydrogens is 684 g/mol. The third kappa shape index (κ3) is 6.81. The lowest BCUT2D eigenvalue weighted by Gasteiger charge is -2.60. The highest BCUT2D eigenvalue weighted by atomic mass is 19.1. The standard InChI is InChI=1S/C44H55FN4O5/c1-43-18-16-30(50)27-29(43)11-12-33-35-13-15-39(44(35,2)19-17-36(33)43)54-24-6-5-9-40(51)48-20-22-49(23-21-48)42(53)34-25-28(10-14-37(34)45)26-38-31-7-3-4-8-32(31)41(52)47-46-38/h3-4,7-8,10,14,25,29,33,35-36,39H,5-6,9,11-13,15-24,26-27H2,1-2H3,(H,47,52)/t29-,33-,35-,36-,39?,43-,44-/m0/s1. The Morgan fingerprint density at radius 2 is 1.65 bits per heavy atom. The van der Waals surface area contributed by atoms with E-state index in [0.29, 0.717) is 85.3 Å². The number of piperazine rings is 1. The van der Waals surface area contributed by atoms with Crippen molar-refractivity contribution in [1.29, 1.82) is 0 Å². The molecule has 0 bridgehead atoms. The van der Waals surface area contributed by atoms with Gasteiger partial charge >= 0.3 is 0 Å². The molecule has 9 nitrogen and oxygen atoms in total. The Labute approximate surface area is 317 Å². The van der Waals surface area contributed by atoms with Crippen molar-refractivity contribution in [3.05, 3.63) is 75.5 Å². The van der Waals surface area contributed by atoms with E-state index >= 15 is 0 Å². The van der Waals surface area contributed by atoms with Crippen LogP contribution in [0.3, 0.4) is 0 Å². The lowest BCUT2D eigenvalue weighted by molar-refractivity contribution is -0.145. The normalized spacial score (nSPS) is 30.9. The van der Waals surface area contributed by atoms with E-state index in [4.69, 9.17) is 4.74 Å². The van der Waals surface area contributed by atoms with E-state index in [9.17, 15) is 23.6 Å². The average Bonchev–Trinajstić information content (AvgIpc) is 3.52. The van der Waals surface area contributed by atoms with Crippen molar-refractivity contribution in [2.24, 2.45) is 34.5 Å². The highest BCUT2D eigenvalue weighted by Crippen LogP contribution is 2.66. The van der Waals surface area contributed by atoms with Gasteiger partial charge in [-0.15, -0.1) is 0 Å². The fourth-order valence-electron chi connectivity index (χ4n) is 11.7. The van der Waals surface area contributed by atoms with Crippen molar-refractivity contribution in [3.8, 4) is 0 Å². The summed E-state index contributed by atoms with van der Waals surface area (Å²) in [5, 5.41) is 8.01. The zero-order valence-electron chi connectivity index (χ0n) is 31.9. The van der Waals surface area contributed by atoms with Gasteiger partial charge in [0.25, 0.3) is 11.5 Å². The van der Waals surface area contributed by atoms with Crippen LogP contribution in [0.5, 0.6) is 0 Å². The second-order valence-corrected chi connectivity index (χ2v) is 17.5. The molecule has 5 aliphatic rings. The molecule has 3 aromatic rings. The van der Waals surface area contributed by atoms with Gasteiger partial charge in [0.05, 0.1) is 22.7 Å². The Balaban J connectivity index is 0.782. The number of benzene rings is 2. The van der Waals surface area contributed by atoms with Crippen LogP contribution < -0.4 is 5.56 Å². The first-order valence-electron chi connectivity index (χ1n) is 20.5. The van der Waals surface area contributed by atoms with E-state index in [0.717, 1.165) is 55.7 Å². The smallest absolute Gasteiger partial charge is 0.272 e. The quantitative estimate of drug-likeness (QED) is 0.235. The number of aromatic nitrogens is 2. The van der Waals surface area contributed by atoms with E-state index in [2.05, 4.69) is 24.0 Å². The third-order valence-electron chi connectivity index (χ3n) is 14.8. The Morgan fingerprint density at radius 3 is 2.46 bits per heavy atom. The van der Waals surface area contributed by atoms with E-state index < -0.39 is 5.82 Å². The van der Waals surface area contributed by atoms with Gasteiger partial charge in [-0.05, 0) is 116 Å². The summed E-state index contributed by atoms with van der Waals surface area (Å²) in [6, 6.07) is 11.7. The summed E-state index contributed by atoms with van der Waals surface area (Å²) >= 11 is 0. The third-order valence-corrected chi connectivity index (χ3v) is 14.8. The summed E-state index contributed by atoms with van der Waals surface area (Å²) in [7, 11) is 0. The predicted octanol–water partition coefficient (Wildman–Crippen LogP) is 7.10. The molecule has 0 radical (unpaired) electrons. The van der Waals surface area contributed by atoms with Crippen LogP contribution in [0, 0.1) is 40.3 Å². The van der Waals surface area contributed by atoms with Crippen LogP contribution >= 0.6 is 0 Å². The number of ether oxygens (including phenoxy) is 1. The molecule has 5 fully saturated rings. The van der Waals surface area contributed by atoms with Crippen LogP contribution in [0.1, 0.15) is 113 Å². The molecule has 2 heterocycles. The minimum absolute atomic E-state index is 0.0000621. The highest BCUT2D eigenvalue weighted by Gasteiger charge is 2.60. The minimum atomic E-state index is -0.585. The Hall–Kier alpha value is -3.92. The maximum Gasteiger partial charge on any atom is 0.272 e. The van der Waals surface area contributed by atoms with E-state index in [1.165, 1.54) is 38.2 Å². The molecule has 1 aromatic heterocycles. The molecule has 288 valence electrons. The number of amides is 2. The van der Waals surface area contributed by atoms with Crippen LogP contribution in [-0.4, -0.2) is 76.5 Å². The first-order valence-corrected chi connectivity index (χ1v) is 20.5. The number of fused-ring (bicyclic) bond motifs is 6. The molecule has 7 atom stereocenters. The molecular formula is C44H55FN4O5. The molecule has 1 aliphatic heterocycles. The summed E-state index contributed by atoms with van der Waals surface area (Å²) in [4.78, 5) is 54.5. The van der Waals surface area contributed by atoms with E-state index in [-0.39, 0.29) is 34.5 Å². The number of carbonyl (C=O) groups is 3. The van der Waals surface area contributed by atoms with Crippen molar-refractivity contribution in [2.75, 3.05) is 32.8 Å². The van der Waals surface area contributed by atoms with E-state index in [1.54, 1.807) is 29.2 Å². The number of hydrogen-bond acceptors (Lipinski definition) is 6. The molecule has 4 saturated carbocycles. The number of ketones is 1. The van der Waals surface area contributed by atoms with E-state index in [1.807, 2.05) is 17.0 Å².